The number of hydrogen-bond donors (Lipinski definition) is 2. The van der Waals surface area contributed by atoms with E-state index in [1.807, 2.05) is 56.3 Å². The number of hydrogen-bond acceptors (Lipinski definition) is 2. The van der Waals surface area contributed by atoms with E-state index in [-0.39, 0.29) is 11.8 Å². The van der Waals surface area contributed by atoms with Gasteiger partial charge in [0.25, 0.3) is 5.91 Å². The standard InChI is InChI=1S/C22H22N2O2/c1-15(2)13-21(25)23-19-9-11-20(12-10-19)24-22(26)18-8-7-16-5-3-4-6-17(16)14-18/h3-12,14-15H,13H2,1-2H3,(H,23,25)(H,24,26). The minimum Gasteiger partial charge on any atom is -0.326 e. The second-order valence-electron chi connectivity index (χ2n) is 6.74. The van der Waals surface area contributed by atoms with Crippen LogP contribution in [0.2, 0.25) is 0 Å². The maximum absolute atomic E-state index is 12.5. The Balaban J connectivity index is 1.66. The Morgan fingerprint density at radius 1 is 0.808 bits per heavy atom. The molecule has 2 N–H and O–H groups in total. The molecule has 0 saturated heterocycles. The summed E-state index contributed by atoms with van der Waals surface area (Å²) in [6.45, 7) is 4.01. The van der Waals surface area contributed by atoms with Gasteiger partial charge >= 0.3 is 0 Å². The summed E-state index contributed by atoms with van der Waals surface area (Å²) >= 11 is 0. The van der Waals surface area contributed by atoms with Crippen LogP contribution in [0.15, 0.2) is 66.7 Å². The fraction of sp³-hybridized carbons (Fsp3) is 0.182. The normalized spacial score (nSPS) is 10.7. The number of rotatable bonds is 5. The fourth-order valence-electron chi connectivity index (χ4n) is 2.75. The minimum atomic E-state index is -0.160. The highest BCUT2D eigenvalue weighted by atomic mass is 16.2. The van der Waals surface area contributed by atoms with Crippen LogP contribution in [0.3, 0.4) is 0 Å². The monoisotopic (exact) mass is 346 g/mol. The first-order chi connectivity index (χ1) is 12.5. The zero-order valence-electron chi connectivity index (χ0n) is 15.0. The molecule has 4 nitrogen and oxygen atoms in total. The summed E-state index contributed by atoms with van der Waals surface area (Å²) in [4.78, 5) is 24.3. The molecule has 0 bridgehead atoms. The van der Waals surface area contributed by atoms with Crippen molar-refractivity contribution in [3.8, 4) is 0 Å². The fourth-order valence-corrected chi connectivity index (χ4v) is 2.75. The van der Waals surface area contributed by atoms with Crippen LogP contribution in [-0.4, -0.2) is 11.8 Å². The maximum atomic E-state index is 12.5. The van der Waals surface area contributed by atoms with Crippen LogP contribution in [0.5, 0.6) is 0 Å². The number of amides is 2. The van der Waals surface area contributed by atoms with Gasteiger partial charge in [-0.1, -0.05) is 44.2 Å². The van der Waals surface area contributed by atoms with E-state index in [9.17, 15) is 9.59 Å². The Morgan fingerprint density at radius 3 is 2.08 bits per heavy atom. The van der Waals surface area contributed by atoms with Gasteiger partial charge < -0.3 is 10.6 Å². The minimum absolute atomic E-state index is 0.00653. The molecular formula is C22H22N2O2. The molecule has 0 aliphatic carbocycles. The summed E-state index contributed by atoms with van der Waals surface area (Å²) in [5.41, 5.74) is 2.02. The molecule has 3 aromatic rings. The van der Waals surface area contributed by atoms with Crippen LogP contribution >= 0.6 is 0 Å². The van der Waals surface area contributed by atoms with Crippen LogP contribution in [0.4, 0.5) is 11.4 Å². The van der Waals surface area contributed by atoms with Gasteiger partial charge in [-0.25, -0.2) is 0 Å². The lowest BCUT2D eigenvalue weighted by Gasteiger charge is -2.09. The molecule has 0 aliphatic rings. The van der Waals surface area contributed by atoms with Crippen LogP contribution < -0.4 is 10.6 Å². The third-order valence-corrected chi connectivity index (χ3v) is 4.03. The number of nitrogens with one attached hydrogen (secondary N) is 2. The molecule has 0 atom stereocenters. The lowest BCUT2D eigenvalue weighted by atomic mass is 10.1. The Kier molecular flexibility index (Phi) is 5.32. The Morgan fingerprint density at radius 2 is 1.42 bits per heavy atom. The number of fused-ring (bicyclic) bond motifs is 1. The zero-order chi connectivity index (χ0) is 18.5. The second kappa shape index (κ2) is 7.83. The molecule has 0 fully saturated rings. The molecule has 0 spiro atoms. The molecule has 0 saturated carbocycles. The van der Waals surface area contributed by atoms with Gasteiger partial charge in [-0.3, -0.25) is 9.59 Å². The van der Waals surface area contributed by atoms with Crippen molar-refractivity contribution < 1.29 is 9.59 Å². The van der Waals surface area contributed by atoms with E-state index in [1.165, 1.54) is 0 Å². The van der Waals surface area contributed by atoms with Gasteiger partial charge in [0.15, 0.2) is 0 Å². The largest absolute Gasteiger partial charge is 0.326 e. The first-order valence-electron chi connectivity index (χ1n) is 8.71. The van der Waals surface area contributed by atoms with Gasteiger partial charge in [0.1, 0.15) is 0 Å². The molecule has 0 aromatic heterocycles. The Hall–Kier alpha value is -3.14. The quantitative estimate of drug-likeness (QED) is 0.677. The van der Waals surface area contributed by atoms with Crippen LogP contribution in [-0.2, 0) is 4.79 Å². The molecule has 0 unspecified atom stereocenters. The first kappa shape index (κ1) is 17.7. The molecule has 132 valence electrons. The SMILES string of the molecule is CC(C)CC(=O)Nc1ccc(NC(=O)c2ccc3ccccc3c2)cc1. The molecule has 2 amide bonds. The van der Waals surface area contributed by atoms with Gasteiger partial charge in [0, 0.05) is 23.4 Å². The van der Waals surface area contributed by atoms with Gasteiger partial charge in [-0.05, 0) is 53.1 Å². The summed E-state index contributed by atoms with van der Waals surface area (Å²) in [5.74, 6) is 0.149. The highest BCUT2D eigenvalue weighted by molar-refractivity contribution is 6.06. The number of carbonyl (C=O) groups is 2. The predicted molar refractivity (Wildman–Crippen MR) is 106 cm³/mol. The van der Waals surface area contributed by atoms with Crippen molar-refractivity contribution in [3.63, 3.8) is 0 Å². The predicted octanol–water partition coefficient (Wildman–Crippen LogP) is 5.08. The van der Waals surface area contributed by atoms with Gasteiger partial charge in [0.05, 0.1) is 0 Å². The third kappa shape index (κ3) is 4.48. The lowest BCUT2D eigenvalue weighted by molar-refractivity contribution is -0.116. The van der Waals surface area contributed by atoms with E-state index >= 15 is 0 Å². The lowest BCUT2D eigenvalue weighted by Crippen LogP contribution is -2.14. The van der Waals surface area contributed by atoms with E-state index in [1.54, 1.807) is 24.3 Å². The molecule has 3 aromatic carbocycles. The van der Waals surface area contributed by atoms with Crippen molar-refractivity contribution in [1.82, 2.24) is 0 Å². The molecule has 0 heterocycles. The van der Waals surface area contributed by atoms with Crippen LogP contribution in [0.25, 0.3) is 10.8 Å². The number of anilines is 2. The maximum Gasteiger partial charge on any atom is 0.255 e. The second-order valence-corrected chi connectivity index (χ2v) is 6.74. The van der Waals surface area contributed by atoms with E-state index in [0.717, 1.165) is 16.5 Å². The number of benzene rings is 3. The smallest absolute Gasteiger partial charge is 0.255 e. The Labute approximate surface area is 153 Å². The molecule has 4 heteroatoms. The van der Waals surface area contributed by atoms with E-state index in [4.69, 9.17) is 0 Å². The van der Waals surface area contributed by atoms with Crippen molar-refractivity contribution in [3.05, 3.63) is 72.3 Å². The molecule has 0 radical (unpaired) electrons. The van der Waals surface area contributed by atoms with Crippen LogP contribution in [0, 0.1) is 5.92 Å². The molecule has 3 rings (SSSR count). The van der Waals surface area contributed by atoms with E-state index < -0.39 is 0 Å². The van der Waals surface area contributed by atoms with Crippen molar-refractivity contribution in [2.45, 2.75) is 20.3 Å². The van der Waals surface area contributed by atoms with Crippen molar-refractivity contribution in [2.24, 2.45) is 5.92 Å². The highest BCUT2D eigenvalue weighted by Crippen LogP contribution is 2.18. The summed E-state index contributed by atoms with van der Waals surface area (Å²) in [6, 6.07) is 20.7. The average molecular weight is 346 g/mol. The van der Waals surface area contributed by atoms with Crippen molar-refractivity contribution in [1.29, 1.82) is 0 Å². The molecular weight excluding hydrogens is 324 g/mol. The van der Waals surface area contributed by atoms with Gasteiger partial charge in [-0.2, -0.15) is 0 Å². The first-order valence-corrected chi connectivity index (χ1v) is 8.71. The van der Waals surface area contributed by atoms with Gasteiger partial charge in [0.2, 0.25) is 5.91 Å². The van der Waals surface area contributed by atoms with Crippen molar-refractivity contribution >= 4 is 34.0 Å². The summed E-state index contributed by atoms with van der Waals surface area (Å²) in [7, 11) is 0. The highest BCUT2D eigenvalue weighted by Gasteiger charge is 2.08. The Bertz CT molecular complexity index is 930. The van der Waals surface area contributed by atoms with E-state index in [2.05, 4.69) is 10.6 Å². The summed E-state index contributed by atoms with van der Waals surface area (Å²) in [5, 5.41) is 7.87. The number of carbonyl (C=O) groups excluding carboxylic acids is 2. The zero-order valence-corrected chi connectivity index (χ0v) is 15.0. The van der Waals surface area contributed by atoms with Gasteiger partial charge in [-0.15, -0.1) is 0 Å². The third-order valence-electron chi connectivity index (χ3n) is 4.03. The summed E-state index contributed by atoms with van der Waals surface area (Å²) < 4.78 is 0. The molecule has 0 aliphatic heterocycles. The summed E-state index contributed by atoms with van der Waals surface area (Å²) in [6.07, 6.45) is 0.487. The van der Waals surface area contributed by atoms with Crippen molar-refractivity contribution in [2.75, 3.05) is 10.6 Å². The van der Waals surface area contributed by atoms with E-state index in [0.29, 0.717) is 23.6 Å². The average Bonchev–Trinajstić information content (AvgIpc) is 2.62. The topological polar surface area (TPSA) is 58.2 Å². The molecule has 26 heavy (non-hydrogen) atoms. The van der Waals surface area contributed by atoms with Crippen LogP contribution in [0.1, 0.15) is 30.6 Å².